The van der Waals surface area contributed by atoms with E-state index in [4.69, 9.17) is 9.26 Å². The average Bonchev–Trinajstić information content (AvgIpc) is 2.64. The molecule has 0 fully saturated rings. The van der Waals surface area contributed by atoms with Gasteiger partial charge in [-0.1, -0.05) is 5.16 Å². The third-order valence-electron chi connectivity index (χ3n) is 1.86. The van der Waals surface area contributed by atoms with E-state index in [0.29, 0.717) is 11.6 Å². The van der Waals surface area contributed by atoms with Gasteiger partial charge in [-0.05, 0) is 20.8 Å². The Morgan fingerprint density at radius 3 is 2.76 bits per heavy atom. The van der Waals surface area contributed by atoms with Crippen LogP contribution in [0.1, 0.15) is 19.5 Å². The van der Waals surface area contributed by atoms with E-state index in [2.05, 4.69) is 10.5 Å². The van der Waals surface area contributed by atoms with Gasteiger partial charge in [-0.2, -0.15) is 0 Å². The molecule has 6 nitrogen and oxygen atoms in total. The molecule has 0 bridgehead atoms. The van der Waals surface area contributed by atoms with Crippen molar-refractivity contribution < 1.29 is 18.8 Å². The Labute approximate surface area is 98.6 Å². The first-order valence-corrected chi connectivity index (χ1v) is 5.12. The molecule has 0 radical (unpaired) electrons. The van der Waals surface area contributed by atoms with Gasteiger partial charge in [0, 0.05) is 12.3 Å². The minimum Gasteiger partial charge on any atom is -0.462 e. The fraction of sp³-hybridized carbons (Fsp3) is 0.364. The predicted octanol–water partition coefficient (Wildman–Crippen LogP) is 1.43. The predicted molar refractivity (Wildman–Crippen MR) is 60.3 cm³/mol. The Hall–Kier alpha value is -2.11. The summed E-state index contributed by atoms with van der Waals surface area (Å²) in [6.07, 6.45) is 1.25. The van der Waals surface area contributed by atoms with Gasteiger partial charge in [-0.25, -0.2) is 4.79 Å². The van der Waals surface area contributed by atoms with Gasteiger partial charge >= 0.3 is 5.97 Å². The number of aryl methyl sites for hydroxylation is 1. The monoisotopic (exact) mass is 238 g/mol. The molecule has 1 N–H and O–H groups in total. The number of anilines is 1. The van der Waals surface area contributed by atoms with Crippen molar-refractivity contribution in [3.05, 3.63) is 23.5 Å². The molecular weight excluding hydrogens is 224 g/mol. The highest BCUT2D eigenvalue weighted by Gasteiger charge is 2.15. The van der Waals surface area contributed by atoms with Gasteiger partial charge in [0.05, 0.1) is 12.3 Å². The number of aromatic nitrogens is 1. The van der Waals surface area contributed by atoms with Crippen LogP contribution in [-0.4, -0.2) is 23.5 Å². The van der Waals surface area contributed by atoms with Crippen LogP contribution in [0.25, 0.3) is 0 Å². The number of rotatable bonds is 5. The molecule has 1 heterocycles. The molecule has 0 unspecified atom stereocenters. The normalized spacial score (nSPS) is 11.1. The number of ketones is 1. The fourth-order valence-electron chi connectivity index (χ4n) is 1.09. The number of carbonyl (C=O) groups is 2. The standard InChI is InChI=1S/C11H14N2O4/c1-4-16-11(15)9(8(3)14)6-12-10-5-7(2)13-17-10/h5-6,12H,4H2,1-3H3. The number of Topliss-reactive ketones (excluding diaryl/α,β-unsaturated/α-hetero) is 1. The molecule has 0 aromatic carbocycles. The Bertz CT molecular complexity index is 448. The Morgan fingerprint density at radius 1 is 1.59 bits per heavy atom. The van der Waals surface area contributed by atoms with Gasteiger partial charge in [-0.15, -0.1) is 0 Å². The zero-order valence-corrected chi connectivity index (χ0v) is 9.94. The topological polar surface area (TPSA) is 81.4 Å². The van der Waals surface area contributed by atoms with Crippen molar-refractivity contribution in [2.75, 3.05) is 11.9 Å². The molecule has 92 valence electrons. The lowest BCUT2D eigenvalue weighted by Gasteiger charge is -2.03. The minimum absolute atomic E-state index is 0.0686. The average molecular weight is 238 g/mol. The highest BCUT2D eigenvalue weighted by Crippen LogP contribution is 2.09. The summed E-state index contributed by atoms with van der Waals surface area (Å²) in [4.78, 5) is 22.6. The summed E-state index contributed by atoms with van der Waals surface area (Å²) in [5.41, 5.74) is 0.627. The van der Waals surface area contributed by atoms with Crippen LogP contribution in [-0.2, 0) is 14.3 Å². The molecule has 6 heteroatoms. The van der Waals surface area contributed by atoms with Gasteiger partial charge in [0.1, 0.15) is 5.57 Å². The lowest BCUT2D eigenvalue weighted by Crippen LogP contribution is -2.15. The summed E-state index contributed by atoms with van der Waals surface area (Å²) < 4.78 is 9.61. The maximum absolute atomic E-state index is 11.4. The number of hydrogen-bond donors (Lipinski definition) is 1. The summed E-state index contributed by atoms with van der Waals surface area (Å²) in [7, 11) is 0. The highest BCUT2D eigenvalue weighted by atomic mass is 16.5. The first-order valence-electron chi connectivity index (χ1n) is 5.12. The van der Waals surface area contributed by atoms with Crippen LogP contribution in [0.5, 0.6) is 0 Å². The van der Waals surface area contributed by atoms with Gasteiger partial charge in [-0.3, -0.25) is 4.79 Å². The maximum Gasteiger partial charge on any atom is 0.343 e. The quantitative estimate of drug-likeness (QED) is 0.361. The number of nitrogens with one attached hydrogen (secondary N) is 1. The third-order valence-corrected chi connectivity index (χ3v) is 1.86. The molecule has 17 heavy (non-hydrogen) atoms. The zero-order valence-electron chi connectivity index (χ0n) is 9.94. The molecule has 0 saturated heterocycles. The van der Waals surface area contributed by atoms with Gasteiger partial charge in [0.15, 0.2) is 5.78 Å². The van der Waals surface area contributed by atoms with Crippen molar-refractivity contribution in [3.8, 4) is 0 Å². The molecule has 0 saturated carbocycles. The molecule has 1 aromatic heterocycles. The van der Waals surface area contributed by atoms with E-state index in [1.54, 1.807) is 19.9 Å². The van der Waals surface area contributed by atoms with Crippen molar-refractivity contribution >= 4 is 17.6 Å². The molecular formula is C11H14N2O4. The number of nitrogens with zero attached hydrogens (tertiary/aromatic N) is 1. The third kappa shape index (κ3) is 3.75. The van der Waals surface area contributed by atoms with Crippen LogP contribution in [0.15, 0.2) is 22.4 Å². The molecule has 0 amide bonds. The number of hydrogen-bond acceptors (Lipinski definition) is 6. The SMILES string of the molecule is CCOC(=O)C(=CNc1cc(C)no1)C(C)=O. The summed E-state index contributed by atoms with van der Waals surface area (Å²) in [6.45, 7) is 4.93. The molecule has 0 spiro atoms. The van der Waals surface area contributed by atoms with Gasteiger partial charge < -0.3 is 14.6 Å². The smallest absolute Gasteiger partial charge is 0.343 e. The van der Waals surface area contributed by atoms with Crippen LogP contribution >= 0.6 is 0 Å². The van der Waals surface area contributed by atoms with E-state index in [0.717, 1.165) is 0 Å². The maximum atomic E-state index is 11.4. The lowest BCUT2D eigenvalue weighted by atomic mass is 10.2. The van der Waals surface area contributed by atoms with Crippen LogP contribution in [0, 0.1) is 6.92 Å². The number of carbonyl (C=O) groups excluding carboxylic acids is 2. The molecule has 1 rings (SSSR count). The van der Waals surface area contributed by atoms with Crippen molar-refractivity contribution in [1.29, 1.82) is 0 Å². The first-order chi connectivity index (χ1) is 8.04. The largest absolute Gasteiger partial charge is 0.462 e. The summed E-state index contributed by atoms with van der Waals surface area (Å²) in [6, 6.07) is 1.64. The van der Waals surface area contributed by atoms with E-state index >= 15 is 0 Å². The molecule has 0 atom stereocenters. The summed E-state index contributed by atoms with van der Waals surface area (Å²) >= 11 is 0. The second-order valence-corrected chi connectivity index (χ2v) is 3.31. The summed E-state index contributed by atoms with van der Waals surface area (Å²) in [5.74, 6) is -0.693. The van der Waals surface area contributed by atoms with E-state index in [1.165, 1.54) is 13.1 Å². The second-order valence-electron chi connectivity index (χ2n) is 3.31. The summed E-state index contributed by atoms with van der Waals surface area (Å²) in [5, 5.41) is 6.33. The molecule has 0 aliphatic heterocycles. The van der Waals surface area contributed by atoms with Crippen LogP contribution in [0.4, 0.5) is 5.88 Å². The molecule has 0 aliphatic carbocycles. The van der Waals surface area contributed by atoms with Crippen molar-refractivity contribution in [1.82, 2.24) is 5.16 Å². The van der Waals surface area contributed by atoms with Crippen molar-refractivity contribution in [2.24, 2.45) is 0 Å². The van der Waals surface area contributed by atoms with Gasteiger partial charge in [0.2, 0.25) is 5.88 Å². The van der Waals surface area contributed by atoms with Gasteiger partial charge in [0.25, 0.3) is 0 Å². The van der Waals surface area contributed by atoms with Crippen molar-refractivity contribution in [3.63, 3.8) is 0 Å². The Balaban J connectivity index is 2.77. The van der Waals surface area contributed by atoms with E-state index in [1.807, 2.05) is 0 Å². The Kier molecular flexibility index (Phi) is 4.45. The van der Waals surface area contributed by atoms with Crippen molar-refractivity contribution in [2.45, 2.75) is 20.8 Å². The van der Waals surface area contributed by atoms with E-state index in [-0.39, 0.29) is 18.0 Å². The van der Waals surface area contributed by atoms with Crippen LogP contribution in [0.2, 0.25) is 0 Å². The van der Waals surface area contributed by atoms with E-state index < -0.39 is 5.97 Å². The second kappa shape index (κ2) is 5.83. The minimum atomic E-state index is -0.663. The zero-order chi connectivity index (χ0) is 12.8. The number of ether oxygens (including phenoxy) is 1. The first kappa shape index (κ1) is 13.0. The lowest BCUT2D eigenvalue weighted by molar-refractivity contribution is -0.139. The van der Waals surface area contributed by atoms with Crippen LogP contribution < -0.4 is 5.32 Å². The van der Waals surface area contributed by atoms with E-state index in [9.17, 15) is 9.59 Å². The number of esters is 1. The Morgan fingerprint density at radius 2 is 2.29 bits per heavy atom. The fourth-order valence-corrected chi connectivity index (χ4v) is 1.09. The highest BCUT2D eigenvalue weighted by molar-refractivity contribution is 6.16. The van der Waals surface area contributed by atoms with Crippen LogP contribution in [0.3, 0.4) is 0 Å². The molecule has 1 aromatic rings. The molecule has 0 aliphatic rings.